The maximum atomic E-state index is 13.2. The van der Waals surface area contributed by atoms with Gasteiger partial charge >= 0.3 is 0 Å². The van der Waals surface area contributed by atoms with Crippen LogP contribution in [0.5, 0.6) is 5.75 Å². The molecule has 0 N–H and O–H groups in total. The zero-order valence-electron chi connectivity index (χ0n) is 18.1. The summed E-state index contributed by atoms with van der Waals surface area (Å²) in [5, 5.41) is 12.7. The average Bonchev–Trinajstić information content (AvgIpc) is 3.61. The van der Waals surface area contributed by atoms with Gasteiger partial charge in [-0.3, -0.25) is 4.57 Å². The van der Waals surface area contributed by atoms with Crippen molar-refractivity contribution in [3.8, 4) is 27.7 Å². The molecule has 9 heteroatoms. The molecule has 1 atom stereocenters. The van der Waals surface area contributed by atoms with Gasteiger partial charge in [0.05, 0.1) is 25.5 Å². The Kier molecular flexibility index (Phi) is 6.70. The van der Waals surface area contributed by atoms with Gasteiger partial charge in [0.15, 0.2) is 11.0 Å². The number of thiazole rings is 1. The number of ether oxygens (including phenoxy) is 2. The molecule has 0 radical (unpaired) electrons. The summed E-state index contributed by atoms with van der Waals surface area (Å²) in [5.74, 6) is 2.05. The van der Waals surface area contributed by atoms with E-state index in [0.29, 0.717) is 12.3 Å². The number of benzene rings is 2. The van der Waals surface area contributed by atoms with Gasteiger partial charge in [0.1, 0.15) is 16.6 Å². The van der Waals surface area contributed by atoms with Crippen LogP contribution in [0.4, 0.5) is 4.39 Å². The molecule has 170 valence electrons. The summed E-state index contributed by atoms with van der Waals surface area (Å²) >= 11 is 3.17. The van der Waals surface area contributed by atoms with Crippen LogP contribution in [0.25, 0.3) is 22.0 Å². The minimum absolute atomic E-state index is 0.168. The standard InChI is InChI=1S/C24H23FN4O2S2/c1-30-20-10-6-16(7-11-20)22-27-28-24(29(22)13-21-3-2-12-31-21)33-15-19-14-32-23(26-19)17-4-8-18(25)9-5-17/h4-11,14,21H,2-3,12-13,15H2,1H3. The highest BCUT2D eigenvalue weighted by Gasteiger charge is 2.22. The van der Waals surface area contributed by atoms with E-state index in [1.807, 2.05) is 29.6 Å². The molecule has 0 spiro atoms. The molecule has 1 saturated heterocycles. The summed E-state index contributed by atoms with van der Waals surface area (Å²) in [6.45, 7) is 1.52. The fourth-order valence-electron chi connectivity index (χ4n) is 3.74. The first kappa shape index (κ1) is 22.1. The number of halogens is 1. The molecule has 0 aliphatic carbocycles. The fraction of sp³-hybridized carbons (Fsp3) is 0.292. The van der Waals surface area contributed by atoms with Crippen molar-refractivity contribution in [1.29, 1.82) is 0 Å². The molecule has 3 heterocycles. The van der Waals surface area contributed by atoms with Crippen molar-refractivity contribution in [2.75, 3.05) is 13.7 Å². The van der Waals surface area contributed by atoms with Crippen LogP contribution in [0.3, 0.4) is 0 Å². The molecule has 6 nitrogen and oxygen atoms in total. The van der Waals surface area contributed by atoms with Crippen LogP contribution in [0.2, 0.25) is 0 Å². The lowest BCUT2D eigenvalue weighted by Gasteiger charge is -2.14. The van der Waals surface area contributed by atoms with Crippen molar-refractivity contribution in [2.24, 2.45) is 0 Å². The lowest BCUT2D eigenvalue weighted by Crippen LogP contribution is -2.16. The van der Waals surface area contributed by atoms with Crippen molar-refractivity contribution in [3.05, 3.63) is 65.4 Å². The van der Waals surface area contributed by atoms with Crippen LogP contribution in [0.1, 0.15) is 18.5 Å². The first-order chi connectivity index (χ1) is 16.2. The first-order valence-electron chi connectivity index (χ1n) is 10.7. The van der Waals surface area contributed by atoms with Gasteiger partial charge < -0.3 is 9.47 Å². The van der Waals surface area contributed by atoms with E-state index < -0.39 is 0 Å². The molecule has 0 amide bonds. The van der Waals surface area contributed by atoms with Crippen LogP contribution in [-0.4, -0.2) is 39.6 Å². The summed E-state index contributed by atoms with van der Waals surface area (Å²) in [7, 11) is 1.66. The lowest BCUT2D eigenvalue weighted by molar-refractivity contribution is 0.0953. The van der Waals surface area contributed by atoms with Crippen molar-refractivity contribution >= 4 is 23.1 Å². The van der Waals surface area contributed by atoms with E-state index >= 15 is 0 Å². The van der Waals surface area contributed by atoms with Gasteiger partial charge in [-0.1, -0.05) is 11.8 Å². The van der Waals surface area contributed by atoms with Gasteiger partial charge in [-0.2, -0.15) is 0 Å². The molecule has 2 aromatic heterocycles. The number of hydrogen-bond acceptors (Lipinski definition) is 7. The third-order valence-electron chi connectivity index (χ3n) is 5.47. The van der Waals surface area contributed by atoms with Gasteiger partial charge in [0, 0.05) is 28.9 Å². The van der Waals surface area contributed by atoms with Crippen molar-refractivity contribution in [2.45, 2.75) is 36.4 Å². The smallest absolute Gasteiger partial charge is 0.191 e. The predicted molar refractivity (Wildman–Crippen MR) is 128 cm³/mol. The number of rotatable bonds is 8. The molecule has 1 fully saturated rings. The summed E-state index contributed by atoms with van der Waals surface area (Å²) < 4.78 is 26.5. The average molecular weight is 483 g/mol. The Bertz CT molecular complexity index is 1200. The van der Waals surface area contributed by atoms with Gasteiger partial charge in [-0.25, -0.2) is 9.37 Å². The second kappa shape index (κ2) is 10.0. The second-order valence-electron chi connectivity index (χ2n) is 7.72. The Hall–Kier alpha value is -2.75. The number of methoxy groups -OCH3 is 1. The van der Waals surface area contributed by atoms with Crippen LogP contribution in [0.15, 0.2) is 59.1 Å². The Morgan fingerprint density at radius 1 is 1.12 bits per heavy atom. The van der Waals surface area contributed by atoms with Crippen molar-refractivity contribution in [1.82, 2.24) is 19.7 Å². The predicted octanol–water partition coefficient (Wildman–Crippen LogP) is 5.69. The quantitative estimate of drug-likeness (QED) is 0.301. The van der Waals surface area contributed by atoms with E-state index in [2.05, 4.69) is 14.8 Å². The normalized spacial score (nSPS) is 15.8. The molecule has 33 heavy (non-hydrogen) atoms. The minimum Gasteiger partial charge on any atom is -0.497 e. The SMILES string of the molecule is COc1ccc(-c2nnc(SCc3csc(-c4ccc(F)cc4)n3)n2CC2CCCO2)cc1. The summed E-state index contributed by atoms with van der Waals surface area (Å²) in [6, 6.07) is 14.3. The first-order valence-corrected chi connectivity index (χ1v) is 12.6. The third kappa shape index (κ3) is 5.10. The molecule has 2 aromatic carbocycles. The minimum atomic E-state index is -0.246. The topological polar surface area (TPSA) is 62.1 Å². The Morgan fingerprint density at radius 3 is 2.64 bits per heavy atom. The highest BCUT2D eigenvalue weighted by molar-refractivity contribution is 7.98. The van der Waals surface area contributed by atoms with Crippen LogP contribution < -0.4 is 4.74 Å². The molecule has 1 aliphatic rings. The molecule has 0 bridgehead atoms. The Balaban J connectivity index is 1.36. The number of hydrogen-bond donors (Lipinski definition) is 0. The van der Waals surface area contributed by atoms with Crippen LogP contribution in [-0.2, 0) is 17.0 Å². The monoisotopic (exact) mass is 482 g/mol. The van der Waals surface area contributed by atoms with E-state index in [9.17, 15) is 4.39 Å². The maximum Gasteiger partial charge on any atom is 0.191 e. The zero-order valence-corrected chi connectivity index (χ0v) is 19.7. The maximum absolute atomic E-state index is 13.2. The van der Waals surface area contributed by atoms with Gasteiger partial charge in [-0.15, -0.1) is 21.5 Å². The number of aromatic nitrogens is 4. The molecule has 4 aromatic rings. The molecule has 5 rings (SSSR count). The lowest BCUT2D eigenvalue weighted by atomic mass is 10.2. The highest BCUT2D eigenvalue weighted by Crippen LogP contribution is 2.31. The Morgan fingerprint density at radius 2 is 1.91 bits per heavy atom. The van der Waals surface area contributed by atoms with E-state index in [0.717, 1.165) is 58.0 Å². The van der Waals surface area contributed by atoms with Crippen molar-refractivity contribution in [3.63, 3.8) is 0 Å². The van der Waals surface area contributed by atoms with E-state index in [-0.39, 0.29) is 11.9 Å². The molecular formula is C24H23FN4O2S2. The molecule has 1 aliphatic heterocycles. The summed E-state index contributed by atoms with van der Waals surface area (Å²) in [5.41, 5.74) is 2.86. The summed E-state index contributed by atoms with van der Waals surface area (Å²) in [6.07, 6.45) is 2.29. The molecular weight excluding hydrogens is 459 g/mol. The number of nitrogens with zero attached hydrogens (tertiary/aromatic N) is 4. The summed E-state index contributed by atoms with van der Waals surface area (Å²) in [4.78, 5) is 4.72. The van der Waals surface area contributed by atoms with Gasteiger partial charge in [0.25, 0.3) is 0 Å². The number of thioether (sulfide) groups is 1. The van der Waals surface area contributed by atoms with Gasteiger partial charge in [0.2, 0.25) is 0 Å². The Labute approximate surface area is 199 Å². The van der Waals surface area contributed by atoms with E-state index in [1.54, 1.807) is 42.3 Å². The fourth-order valence-corrected chi connectivity index (χ4v) is 5.51. The van der Waals surface area contributed by atoms with Crippen molar-refractivity contribution < 1.29 is 13.9 Å². The molecule has 0 saturated carbocycles. The van der Waals surface area contributed by atoms with Gasteiger partial charge in [-0.05, 0) is 61.4 Å². The van der Waals surface area contributed by atoms with Crippen LogP contribution in [0, 0.1) is 5.82 Å². The zero-order chi connectivity index (χ0) is 22.6. The highest BCUT2D eigenvalue weighted by atomic mass is 32.2. The van der Waals surface area contributed by atoms with E-state index in [1.165, 1.54) is 12.1 Å². The molecule has 1 unspecified atom stereocenters. The third-order valence-corrected chi connectivity index (χ3v) is 7.41. The van der Waals surface area contributed by atoms with Crippen LogP contribution >= 0.6 is 23.1 Å². The second-order valence-corrected chi connectivity index (χ2v) is 9.52. The largest absolute Gasteiger partial charge is 0.497 e. The van der Waals surface area contributed by atoms with E-state index in [4.69, 9.17) is 14.5 Å².